The van der Waals surface area contributed by atoms with Gasteiger partial charge >= 0.3 is 11.8 Å². The number of hydrogen-bond donors (Lipinski definition) is 0. The van der Waals surface area contributed by atoms with Crippen LogP contribution in [0.25, 0.3) is 0 Å². The summed E-state index contributed by atoms with van der Waals surface area (Å²) in [6.45, 7) is 3.10. The number of non-ortho nitro benzene ring substituents is 1. The number of carbonyl (C=O) groups excluding carboxylic acids is 1. The Morgan fingerprint density at radius 3 is 2.52 bits per heavy atom. The number of amides is 1. The van der Waals surface area contributed by atoms with Crippen LogP contribution >= 0.6 is 0 Å². The first-order valence-electron chi connectivity index (χ1n) is 10.6. The number of nitro groups is 2. The van der Waals surface area contributed by atoms with Crippen LogP contribution in [0, 0.1) is 26.1 Å². The highest BCUT2D eigenvalue weighted by molar-refractivity contribution is 5.63. The van der Waals surface area contributed by atoms with Crippen molar-refractivity contribution in [2.24, 2.45) is 5.92 Å². The van der Waals surface area contributed by atoms with Crippen LogP contribution in [-0.2, 0) is 6.54 Å². The fraction of sp³-hybridized carbons (Fsp3) is 0.500. The summed E-state index contributed by atoms with van der Waals surface area (Å²) in [4.78, 5) is 39.9. The molecule has 176 valence electrons. The molecule has 0 N–H and O–H groups in total. The Morgan fingerprint density at radius 1 is 1.09 bits per heavy atom. The SMILES string of the molecule is O=C([O-])N1CCC(CN2CCOc3nc([N+](=O)[O-])cn3CC2)CC1c1ccc([N+](=O)[O-])cc1. The third kappa shape index (κ3) is 5.03. The number of fused-ring (bicyclic) bond motifs is 1. The minimum atomic E-state index is -1.26. The van der Waals surface area contributed by atoms with Crippen molar-refractivity contribution in [2.45, 2.75) is 25.4 Å². The molecule has 2 aliphatic rings. The number of imidazole rings is 1. The van der Waals surface area contributed by atoms with Crippen LogP contribution in [-0.4, -0.2) is 68.1 Å². The lowest BCUT2D eigenvalue weighted by molar-refractivity contribution is -0.389. The average molecular weight is 459 g/mol. The van der Waals surface area contributed by atoms with Gasteiger partial charge in [-0.15, -0.1) is 0 Å². The molecule has 2 aliphatic heterocycles. The molecule has 1 amide bonds. The molecular formula is C20H23N6O7-. The molecule has 0 aliphatic carbocycles. The predicted molar refractivity (Wildman–Crippen MR) is 111 cm³/mol. The van der Waals surface area contributed by atoms with Crippen molar-refractivity contribution in [2.75, 3.05) is 32.8 Å². The van der Waals surface area contributed by atoms with Gasteiger partial charge in [0.25, 0.3) is 5.69 Å². The van der Waals surface area contributed by atoms with Crippen molar-refractivity contribution in [3.63, 3.8) is 0 Å². The van der Waals surface area contributed by atoms with Crippen molar-refractivity contribution >= 4 is 17.6 Å². The molecule has 0 saturated carbocycles. The summed E-state index contributed by atoms with van der Waals surface area (Å²) in [6.07, 6.45) is 1.33. The van der Waals surface area contributed by atoms with Gasteiger partial charge in [-0.3, -0.25) is 19.6 Å². The molecule has 1 aromatic carbocycles. The number of benzene rings is 1. The quantitative estimate of drug-likeness (QED) is 0.472. The van der Waals surface area contributed by atoms with E-state index in [9.17, 15) is 30.1 Å². The lowest BCUT2D eigenvalue weighted by Gasteiger charge is -2.42. The van der Waals surface area contributed by atoms with Crippen LogP contribution in [0.5, 0.6) is 6.01 Å². The van der Waals surface area contributed by atoms with Gasteiger partial charge in [-0.05, 0) is 29.2 Å². The van der Waals surface area contributed by atoms with Crippen LogP contribution in [0.15, 0.2) is 30.5 Å². The Kier molecular flexibility index (Phi) is 6.40. The summed E-state index contributed by atoms with van der Waals surface area (Å²) in [6, 6.07) is 5.75. The molecule has 1 fully saturated rings. The van der Waals surface area contributed by atoms with Gasteiger partial charge in [-0.2, -0.15) is 0 Å². The van der Waals surface area contributed by atoms with E-state index in [1.807, 2.05) is 0 Å². The van der Waals surface area contributed by atoms with E-state index in [1.54, 1.807) is 16.7 Å². The summed E-state index contributed by atoms with van der Waals surface area (Å²) in [7, 11) is 0. The zero-order chi connectivity index (χ0) is 23.5. The van der Waals surface area contributed by atoms with Gasteiger partial charge < -0.3 is 29.7 Å². The largest absolute Gasteiger partial charge is 0.530 e. The first-order valence-corrected chi connectivity index (χ1v) is 10.6. The van der Waals surface area contributed by atoms with Crippen molar-refractivity contribution < 1.29 is 24.5 Å². The predicted octanol–water partition coefficient (Wildman–Crippen LogP) is 1.19. The summed E-state index contributed by atoms with van der Waals surface area (Å²) >= 11 is 0. The Morgan fingerprint density at radius 2 is 1.85 bits per heavy atom. The van der Waals surface area contributed by atoms with Crippen LogP contribution < -0.4 is 9.84 Å². The molecule has 0 radical (unpaired) electrons. The van der Waals surface area contributed by atoms with E-state index in [2.05, 4.69) is 9.88 Å². The fourth-order valence-corrected chi connectivity index (χ4v) is 4.48. The third-order valence-corrected chi connectivity index (χ3v) is 6.16. The number of ether oxygens (including phenoxy) is 1. The maximum Gasteiger partial charge on any atom is 0.414 e. The molecule has 2 unspecified atom stereocenters. The van der Waals surface area contributed by atoms with Gasteiger partial charge in [0, 0.05) is 49.8 Å². The second-order valence-corrected chi connectivity index (χ2v) is 8.20. The second-order valence-electron chi connectivity index (χ2n) is 8.20. The summed E-state index contributed by atoms with van der Waals surface area (Å²) in [5.74, 6) is -0.0594. The van der Waals surface area contributed by atoms with Gasteiger partial charge in [-0.1, -0.05) is 12.1 Å². The average Bonchev–Trinajstić information content (AvgIpc) is 3.18. The maximum atomic E-state index is 11.7. The van der Waals surface area contributed by atoms with Gasteiger partial charge in [-0.25, -0.2) is 0 Å². The molecule has 1 aromatic heterocycles. The zero-order valence-corrected chi connectivity index (χ0v) is 17.7. The molecular weight excluding hydrogens is 436 g/mol. The van der Waals surface area contributed by atoms with E-state index in [1.165, 1.54) is 23.2 Å². The summed E-state index contributed by atoms with van der Waals surface area (Å²) < 4.78 is 7.23. The Bertz CT molecular complexity index is 1040. The number of nitrogens with zero attached hydrogens (tertiary/aromatic N) is 6. The molecule has 13 heteroatoms. The van der Waals surface area contributed by atoms with E-state index in [0.29, 0.717) is 57.7 Å². The number of aromatic nitrogens is 2. The second kappa shape index (κ2) is 9.40. The third-order valence-electron chi connectivity index (χ3n) is 6.16. The summed E-state index contributed by atoms with van der Waals surface area (Å²) in [5, 5.41) is 33.6. The minimum Gasteiger partial charge on any atom is -0.530 e. The van der Waals surface area contributed by atoms with E-state index < -0.39 is 22.0 Å². The van der Waals surface area contributed by atoms with Crippen molar-refractivity contribution in [3.8, 4) is 6.01 Å². The molecule has 3 heterocycles. The monoisotopic (exact) mass is 459 g/mol. The highest BCUT2D eigenvalue weighted by Crippen LogP contribution is 2.35. The van der Waals surface area contributed by atoms with Crippen molar-refractivity contribution in [1.29, 1.82) is 0 Å². The normalized spacial score (nSPS) is 21.4. The van der Waals surface area contributed by atoms with Gasteiger partial charge in [0.2, 0.25) is 0 Å². The van der Waals surface area contributed by atoms with Crippen molar-refractivity contribution in [1.82, 2.24) is 19.4 Å². The highest BCUT2D eigenvalue weighted by atomic mass is 16.6. The van der Waals surface area contributed by atoms with Crippen molar-refractivity contribution in [3.05, 3.63) is 56.3 Å². The molecule has 33 heavy (non-hydrogen) atoms. The molecule has 4 rings (SSSR count). The van der Waals surface area contributed by atoms with Gasteiger partial charge in [0.05, 0.1) is 11.0 Å². The minimum absolute atomic E-state index is 0.0501. The number of carbonyl (C=O) groups is 1. The molecule has 0 spiro atoms. The maximum absolute atomic E-state index is 11.7. The van der Waals surface area contributed by atoms with Crippen LogP contribution in [0.4, 0.5) is 16.3 Å². The van der Waals surface area contributed by atoms with E-state index in [-0.39, 0.29) is 23.4 Å². The lowest BCUT2D eigenvalue weighted by Crippen LogP contribution is -2.49. The smallest absolute Gasteiger partial charge is 0.414 e. The highest BCUT2D eigenvalue weighted by Gasteiger charge is 2.31. The van der Waals surface area contributed by atoms with Gasteiger partial charge in [0.1, 0.15) is 18.9 Å². The standard InChI is InChI=1S/C20H24N6O7/c27-20(28)24-6-5-14(11-17(24)15-1-3-16(4-2-15)25(29)30)12-22-7-8-23-13-18(26(31)32)21-19(23)33-10-9-22/h1-4,13-14,17H,5-12H2,(H,27,28)/p-1. The first kappa shape index (κ1) is 22.5. The Labute approximate surface area is 188 Å². The molecule has 2 atom stereocenters. The Balaban J connectivity index is 1.43. The van der Waals surface area contributed by atoms with E-state index >= 15 is 0 Å². The van der Waals surface area contributed by atoms with Gasteiger partial charge in [0.15, 0.2) is 0 Å². The first-order chi connectivity index (χ1) is 15.8. The fourth-order valence-electron chi connectivity index (χ4n) is 4.48. The van der Waals surface area contributed by atoms with Crippen LogP contribution in [0.2, 0.25) is 0 Å². The number of rotatable bonds is 5. The van der Waals surface area contributed by atoms with Crippen LogP contribution in [0.3, 0.4) is 0 Å². The summed E-state index contributed by atoms with van der Waals surface area (Å²) in [5.41, 5.74) is 0.645. The van der Waals surface area contributed by atoms with E-state index in [4.69, 9.17) is 4.74 Å². The zero-order valence-electron chi connectivity index (χ0n) is 17.7. The number of likely N-dealkylation sites (tertiary alicyclic amines) is 1. The number of nitro benzene ring substituents is 1. The van der Waals surface area contributed by atoms with E-state index in [0.717, 1.165) is 0 Å². The number of piperidine rings is 1. The molecule has 13 nitrogen and oxygen atoms in total. The topological polar surface area (TPSA) is 160 Å². The van der Waals surface area contributed by atoms with Crippen LogP contribution in [0.1, 0.15) is 24.4 Å². The number of carboxylic acid groups (broad SMARTS) is 1. The lowest BCUT2D eigenvalue weighted by atomic mass is 9.87. The molecule has 2 aromatic rings. The number of hydrogen-bond acceptors (Lipinski definition) is 9. The molecule has 0 bridgehead atoms. The molecule has 1 saturated heterocycles. The Hall–Kier alpha value is -3.74.